The molecule has 3 aliphatic rings. The van der Waals surface area contributed by atoms with Crippen molar-refractivity contribution in [3.63, 3.8) is 0 Å². The molecular weight excluding hydrogens is 394 g/mol. The third-order valence-electron chi connectivity index (χ3n) is 6.90. The van der Waals surface area contributed by atoms with E-state index in [-0.39, 0.29) is 18.4 Å². The average molecular weight is 421 g/mol. The van der Waals surface area contributed by atoms with Crippen molar-refractivity contribution in [3.05, 3.63) is 52.7 Å². The first-order valence-electron chi connectivity index (χ1n) is 11.0. The molecule has 162 valence electrons. The number of hydrogen-bond acceptors (Lipinski definition) is 5. The second-order valence-corrected chi connectivity index (χ2v) is 8.61. The lowest BCUT2D eigenvalue weighted by Gasteiger charge is -2.25. The molecule has 5 rings (SSSR count). The van der Waals surface area contributed by atoms with E-state index in [9.17, 15) is 14.7 Å². The minimum Gasteiger partial charge on any atom is -0.480 e. The molecule has 1 spiro atoms. The maximum Gasteiger partial charge on any atom is 0.259 e. The Labute approximate surface area is 181 Å². The lowest BCUT2D eigenvalue weighted by atomic mass is 9.81. The number of rotatable bonds is 5. The van der Waals surface area contributed by atoms with Crippen molar-refractivity contribution in [1.29, 1.82) is 0 Å². The van der Waals surface area contributed by atoms with Crippen molar-refractivity contribution < 1.29 is 19.4 Å². The van der Waals surface area contributed by atoms with Crippen molar-refractivity contribution in [2.75, 3.05) is 38.3 Å². The van der Waals surface area contributed by atoms with Crippen LogP contribution in [0.2, 0.25) is 0 Å². The summed E-state index contributed by atoms with van der Waals surface area (Å²) in [6, 6.07) is 9.76. The molecule has 0 radical (unpaired) electrons. The van der Waals surface area contributed by atoms with Crippen molar-refractivity contribution in [3.8, 4) is 5.88 Å². The molecule has 2 aromatic rings. The van der Waals surface area contributed by atoms with Gasteiger partial charge in [-0.05, 0) is 55.4 Å². The van der Waals surface area contributed by atoms with Crippen molar-refractivity contribution >= 4 is 17.5 Å². The molecule has 7 nitrogen and oxygen atoms in total. The highest BCUT2D eigenvalue weighted by Gasteiger charge is 2.55. The van der Waals surface area contributed by atoms with Gasteiger partial charge in [0.2, 0.25) is 11.8 Å². The van der Waals surface area contributed by atoms with Crippen LogP contribution in [0.4, 0.5) is 5.69 Å². The number of aryl methyl sites for hydroxylation is 2. The summed E-state index contributed by atoms with van der Waals surface area (Å²) in [7, 11) is 1.54. The maximum absolute atomic E-state index is 13.5. The third kappa shape index (κ3) is 3.02. The van der Waals surface area contributed by atoms with Gasteiger partial charge >= 0.3 is 0 Å². The quantitative estimate of drug-likeness (QED) is 0.799. The summed E-state index contributed by atoms with van der Waals surface area (Å²) in [5.74, 6) is 0.265. The highest BCUT2D eigenvalue weighted by atomic mass is 16.5. The van der Waals surface area contributed by atoms with Gasteiger partial charge in [0.05, 0.1) is 12.5 Å². The number of ether oxygens (including phenoxy) is 1. The van der Waals surface area contributed by atoms with E-state index in [0.717, 1.165) is 41.8 Å². The van der Waals surface area contributed by atoms with Crippen molar-refractivity contribution in [2.24, 2.45) is 0 Å². The van der Waals surface area contributed by atoms with Crippen LogP contribution in [0.15, 0.2) is 30.3 Å². The van der Waals surface area contributed by atoms with Gasteiger partial charge in [-0.3, -0.25) is 9.59 Å². The zero-order valence-corrected chi connectivity index (χ0v) is 17.8. The normalized spacial score (nSPS) is 21.7. The van der Waals surface area contributed by atoms with Crippen molar-refractivity contribution in [2.45, 2.75) is 37.5 Å². The summed E-state index contributed by atoms with van der Waals surface area (Å²) < 4.78 is 5.45. The molecule has 1 fully saturated rings. The van der Waals surface area contributed by atoms with E-state index in [2.05, 4.69) is 4.98 Å². The molecule has 0 saturated carbocycles. The number of pyridine rings is 1. The molecule has 1 atom stereocenters. The Morgan fingerprint density at radius 2 is 2.13 bits per heavy atom. The topological polar surface area (TPSA) is 83.0 Å². The van der Waals surface area contributed by atoms with Gasteiger partial charge in [0.15, 0.2) is 0 Å². The molecule has 2 amide bonds. The van der Waals surface area contributed by atoms with Gasteiger partial charge in [-0.2, -0.15) is 0 Å². The number of aromatic nitrogens is 1. The summed E-state index contributed by atoms with van der Waals surface area (Å²) in [5.41, 5.74) is 3.77. The monoisotopic (exact) mass is 421 g/mol. The minimum absolute atomic E-state index is 0.0245. The number of aliphatic hydroxyl groups is 1. The highest BCUT2D eigenvalue weighted by molar-refractivity contribution is 6.09. The van der Waals surface area contributed by atoms with E-state index >= 15 is 0 Å². The molecule has 0 bridgehead atoms. The minimum atomic E-state index is -0.723. The van der Waals surface area contributed by atoms with Gasteiger partial charge < -0.3 is 19.6 Å². The number of aliphatic hydroxyl groups excluding tert-OH is 1. The van der Waals surface area contributed by atoms with E-state index in [1.807, 2.05) is 30.3 Å². The Kier molecular flexibility index (Phi) is 4.93. The van der Waals surface area contributed by atoms with E-state index < -0.39 is 5.41 Å². The van der Waals surface area contributed by atoms with Crippen LogP contribution in [0, 0.1) is 0 Å². The molecule has 2 aliphatic heterocycles. The summed E-state index contributed by atoms with van der Waals surface area (Å²) in [6.45, 7) is 1.36. The second kappa shape index (κ2) is 7.64. The van der Waals surface area contributed by atoms with Crippen LogP contribution >= 0.6 is 0 Å². The highest BCUT2D eigenvalue weighted by Crippen LogP contribution is 2.47. The summed E-state index contributed by atoms with van der Waals surface area (Å²) in [6.07, 6.45) is 4.01. The maximum atomic E-state index is 13.5. The van der Waals surface area contributed by atoms with Gasteiger partial charge in [0, 0.05) is 37.6 Å². The molecule has 7 heteroatoms. The molecule has 1 aliphatic carbocycles. The van der Waals surface area contributed by atoms with Gasteiger partial charge in [-0.25, -0.2) is 4.98 Å². The van der Waals surface area contributed by atoms with Crippen LogP contribution in [0.25, 0.3) is 0 Å². The number of carbonyl (C=O) groups excluding carboxylic acids is 2. The van der Waals surface area contributed by atoms with Crippen LogP contribution in [0.5, 0.6) is 5.88 Å². The van der Waals surface area contributed by atoms with E-state index in [0.29, 0.717) is 43.9 Å². The predicted molar refractivity (Wildman–Crippen MR) is 116 cm³/mol. The van der Waals surface area contributed by atoms with Crippen LogP contribution in [-0.4, -0.2) is 60.2 Å². The fourth-order valence-corrected chi connectivity index (χ4v) is 5.36. The summed E-state index contributed by atoms with van der Waals surface area (Å²) >= 11 is 0. The van der Waals surface area contributed by atoms with Crippen LogP contribution in [-0.2, 0) is 23.1 Å². The van der Waals surface area contributed by atoms with E-state index in [1.165, 1.54) is 0 Å². The Morgan fingerprint density at radius 3 is 2.94 bits per heavy atom. The number of hydrogen-bond donors (Lipinski definition) is 1. The fourth-order valence-electron chi connectivity index (χ4n) is 5.36. The number of benzene rings is 1. The van der Waals surface area contributed by atoms with Gasteiger partial charge in [0.1, 0.15) is 5.56 Å². The predicted octanol–water partition coefficient (Wildman–Crippen LogP) is 2.09. The lowest BCUT2D eigenvalue weighted by Crippen LogP contribution is -2.43. The first-order chi connectivity index (χ1) is 15.1. The van der Waals surface area contributed by atoms with Gasteiger partial charge in [-0.15, -0.1) is 0 Å². The van der Waals surface area contributed by atoms with Crippen LogP contribution in [0.3, 0.4) is 0 Å². The summed E-state index contributed by atoms with van der Waals surface area (Å²) in [4.78, 5) is 35.2. The van der Waals surface area contributed by atoms with Crippen molar-refractivity contribution in [1.82, 2.24) is 9.88 Å². The number of para-hydroxylation sites is 1. The zero-order valence-electron chi connectivity index (χ0n) is 17.8. The largest absolute Gasteiger partial charge is 0.480 e. The molecule has 1 saturated heterocycles. The number of anilines is 1. The second-order valence-electron chi connectivity index (χ2n) is 8.61. The smallest absolute Gasteiger partial charge is 0.259 e. The average Bonchev–Trinajstić information content (AvgIpc) is 3.50. The number of nitrogens with zero attached hydrogens (tertiary/aromatic N) is 3. The molecule has 31 heavy (non-hydrogen) atoms. The number of likely N-dealkylation sites (tertiary alicyclic amines) is 1. The van der Waals surface area contributed by atoms with Crippen LogP contribution in [0.1, 0.15) is 46.4 Å². The number of carbonyl (C=O) groups is 2. The van der Waals surface area contributed by atoms with Gasteiger partial charge in [0.25, 0.3) is 5.91 Å². The SMILES string of the molecule is COc1nc2c(cc1C(=O)N1CCC3(C1)C(=O)N(CCCO)c1ccccc13)CCC2. The Balaban J connectivity index is 1.46. The standard InChI is InChI=1S/C24H27N3O4/c1-31-21-17(14-16-6-4-8-19(16)25-21)22(29)26-12-10-24(15-26)18-7-2-3-9-20(18)27(23(24)30)11-5-13-28/h2-3,7,9,14,28H,4-6,8,10-13,15H2,1H3. The number of fused-ring (bicyclic) bond motifs is 3. The summed E-state index contributed by atoms with van der Waals surface area (Å²) in [5, 5.41) is 9.27. The fraction of sp³-hybridized carbons (Fsp3) is 0.458. The Bertz CT molecular complexity index is 1050. The molecule has 3 heterocycles. The molecule has 1 N–H and O–H groups in total. The van der Waals surface area contributed by atoms with Gasteiger partial charge in [-0.1, -0.05) is 18.2 Å². The zero-order chi connectivity index (χ0) is 21.6. The number of amides is 2. The van der Waals surface area contributed by atoms with E-state index in [4.69, 9.17) is 4.74 Å². The lowest BCUT2D eigenvalue weighted by molar-refractivity contribution is -0.122. The number of methoxy groups -OCH3 is 1. The first-order valence-corrected chi connectivity index (χ1v) is 11.0. The Hall–Kier alpha value is -2.93. The molecule has 1 aromatic carbocycles. The van der Waals surface area contributed by atoms with Crippen LogP contribution < -0.4 is 9.64 Å². The molecule has 1 aromatic heterocycles. The Morgan fingerprint density at radius 1 is 1.29 bits per heavy atom. The first kappa shape index (κ1) is 20.0. The molecular formula is C24H27N3O4. The molecule has 1 unspecified atom stereocenters. The van der Waals surface area contributed by atoms with E-state index in [1.54, 1.807) is 16.9 Å². The third-order valence-corrected chi connectivity index (χ3v) is 6.90.